The van der Waals surface area contributed by atoms with Crippen LogP contribution >= 0.6 is 11.6 Å². The van der Waals surface area contributed by atoms with Gasteiger partial charge in [-0.2, -0.15) is 0 Å². The van der Waals surface area contributed by atoms with Gasteiger partial charge in [-0.1, -0.05) is 79.5 Å². The fourth-order valence-corrected chi connectivity index (χ4v) is 5.71. The Balaban J connectivity index is 2.03. The second-order valence-electron chi connectivity index (χ2n) is 10.0. The molecule has 39 heavy (non-hydrogen) atoms. The molecule has 0 heterocycles. The van der Waals surface area contributed by atoms with Gasteiger partial charge in [0.15, 0.2) is 0 Å². The van der Waals surface area contributed by atoms with E-state index in [0.29, 0.717) is 28.4 Å². The quantitative estimate of drug-likeness (QED) is 0.338. The van der Waals surface area contributed by atoms with Gasteiger partial charge in [-0.15, -0.1) is 0 Å². The summed E-state index contributed by atoms with van der Waals surface area (Å²) in [6, 6.07) is 19.7. The molecule has 0 aliphatic heterocycles. The van der Waals surface area contributed by atoms with E-state index in [2.05, 4.69) is 5.32 Å². The average molecular weight is 570 g/mol. The summed E-state index contributed by atoms with van der Waals surface area (Å²) in [4.78, 5) is 28.5. The van der Waals surface area contributed by atoms with Gasteiger partial charge in [-0.05, 0) is 62.1 Å². The van der Waals surface area contributed by atoms with E-state index in [0.717, 1.165) is 9.87 Å². The fourth-order valence-electron chi connectivity index (χ4n) is 4.04. The molecule has 1 N–H and O–H groups in total. The molecule has 0 aromatic heterocycles. The van der Waals surface area contributed by atoms with Crippen LogP contribution in [0.1, 0.15) is 37.5 Å². The van der Waals surface area contributed by atoms with Gasteiger partial charge in [0.05, 0.1) is 10.6 Å². The molecule has 0 radical (unpaired) electrons. The zero-order valence-electron chi connectivity index (χ0n) is 23.0. The maximum Gasteiger partial charge on any atom is 0.264 e. The highest BCUT2D eigenvalue weighted by Gasteiger charge is 2.33. The summed E-state index contributed by atoms with van der Waals surface area (Å²) in [5.74, 6) is -0.626. The molecule has 0 saturated carbocycles. The number of amides is 2. The lowest BCUT2D eigenvalue weighted by Gasteiger charge is -2.32. The lowest BCUT2D eigenvalue weighted by molar-refractivity contribution is -0.139. The largest absolute Gasteiger partial charge is 0.354 e. The van der Waals surface area contributed by atoms with E-state index >= 15 is 0 Å². The molecule has 2 amide bonds. The van der Waals surface area contributed by atoms with Gasteiger partial charge >= 0.3 is 0 Å². The average Bonchev–Trinajstić information content (AvgIpc) is 2.90. The SMILES string of the molecule is Cc1ccc(S(=O)(=O)N(CC(=O)N(Cc2ccccc2Cl)[C@@H](C)C(=O)NCC(C)C)c2ccccc2C)cc1. The third-order valence-corrected chi connectivity index (χ3v) is 8.57. The number of aryl methyl sites for hydroxylation is 2. The zero-order valence-corrected chi connectivity index (χ0v) is 24.6. The molecule has 0 bridgehead atoms. The van der Waals surface area contributed by atoms with Crippen molar-refractivity contribution >= 4 is 39.1 Å². The molecule has 0 spiro atoms. The Morgan fingerprint density at radius 1 is 0.897 bits per heavy atom. The first-order chi connectivity index (χ1) is 18.4. The van der Waals surface area contributed by atoms with E-state index in [-0.39, 0.29) is 23.3 Å². The Morgan fingerprint density at radius 2 is 1.51 bits per heavy atom. The Hall–Kier alpha value is -3.36. The van der Waals surface area contributed by atoms with Crippen molar-refractivity contribution in [3.63, 3.8) is 0 Å². The normalized spacial score (nSPS) is 12.2. The van der Waals surface area contributed by atoms with Crippen LogP contribution in [0, 0.1) is 19.8 Å². The number of benzene rings is 3. The first-order valence-electron chi connectivity index (χ1n) is 12.9. The first-order valence-corrected chi connectivity index (χ1v) is 14.7. The standard InChI is InChI=1S/C30H36ClN3O4S/c1-21(2)18-32-30(36)24(5)33(19-25-11-7-8-12-27(25)31)29(35)20-34(28-13-9-6-10-23(28)4)39(37,38)26-16-14-22(3)15-17-26/h6-17,21,24H,18-20H2,1-5H3,(H,32,36)/t24-/m0/s1. The number of sulfonamides is 1. The molecule has 0 aliphatic rings. The summed E-state index contributed by atoms with van der Waals surface area (Å²) in [6.07, 6.45) is 0. The van der Waals surface area contributed by atoms with Crippen molar-refractivity contribution in [1.82, 2.24) is 10.2 Å². The molecule has 7 nitrogen and oxygen atoms in total. The minimum atomic E-state index is -4.11. The van der Waals surface area contributed by atoms with Crippen LogP contribution in [-0.2, 0) is 26.2 Å². The zero-order chi connectivity index (χ0) is 28.7. The Labute approximate surface area is 236 Å². The summed E-state index contributed by atoms with van der Waals surface area (Å²) >= 11 is 6.40. The van der Waals surface area contributed by atoms with Crippen LogP contribution in [0.4, 0.5) is 5.69 Å². The molecule has 9 heteroatoms. The third kappa shape index (κ3) is 7.61. The second kappa shape index (κ2) is 13.1. The van der Waals surface area contributed by atoms with Crippen LogP contribution in [0.2, 0.25) is 5.02 Å². The lowest BCUT2D eigenvalue weighted by Crippen LogP contribution is -2.51. The van der Waals surface area contributed by atoms with Crippen LogP contribution in [0.3, 0.4) is 0 Å². The first kappa shape index (κ1) is 30.2. The van der Waals surface area contributed by atoms with Gasteiger partial charge in [0, 0.05) is 18.1 Å². The van der Waals surface area contributed by atoms with Gasteiger partial charge < -0.3 is 10.2 Å². The van der Waals surface area contributed by atoms with Gasteiger partial charge in [0.1, 0.15) is 12.6 Å². The number of anilines is 1. The molecule has 0 saturated heterocycles. The topological polar surface area (TPSA) is 86.8 Å². The molecule has 3 rings (SSSR count). The number of carbonyl (C=O) groups is 2. The maximum absolute atomic E-state index is 14.0. The fraction of sp³-hybridized carbons (Fsp3) is 0.333. The van der Waals surface area contributed by atoms with E-state index in [9.17, 15) is 18.0 Å². The molecule has 0 fully saturated rings. The molecule has 0 aliphatic carbocycles. The lowest BCUT2D eigenvalue weighted by atomic mass is 10.1. The number of nitrogens with zero attached hydrogens (tertiary/aromatic N) is 2. The van der Waals surface area contributed by atoms with Crippen molar-refractivity contribution in [2.75, 3.05) is 17.4 Å². The highest BCUT2D eigenvalue weighted by Crippen LogP contribution is 2.28. The minimum absolute atomic E-state index is 0.0426. The van der Waals surface area contributed by atoms with E-state index < -0.39 is 28.5 Å². The highest BCUT2D eigenvalue weighted by molar-refractivity contribution is 7.92. The summed E-state index contributed by atoms with van der Waals surface area (Å²) in [5, 5.41) is 3.33. The van der Waals surface area contributed by atoms with E-state index in [1.165, 1.54) is 17.0 Å². The van der Waals surface area contributed by atoms with Crippen molar-refractivity contribution in [3.05, 3.63) is 94.5 Å². The monoisotopic (exact) mass is 569 g/mol. The van der Waals surface area contributed by atoms with E-state index in [4.69, 9.17) is 11.6 Å². The summed E-state index contributed by atoms with van der Waals surface area (Å²) in [7, 11) is -4.11. The summed E-state index contributed by atoms with van der Waals surface area (Å²) < 4.78 is 28.9. The van der Waals surface area contributed by atoms with Crippen LogP contribution in [0.25, 0.3) is 0 Å². The molecule has 208 valence electrons. The second-order valence-corrected chi connectivity index (χ2v) is 12.3. The van der Waals surface area contributed by atoms with Crippen molar-refractivity contribution < 1.29 is 18.0 Å². The molecule has 3 aromatic rings. The van der Waals surface area contributed by atoms with Crippen molar-refractivity contribution in [2.24, 2.45) is 5.92 Å². The minimum Gasteiger partial charge on any atom is -0.354 e. The van der Waals surface area contributed by atoms with Crippen LogP contribution in [-0.4, -0.2) is 44.3 Å². The number of rotatable bonds is 11. The van der Waals surface area contributed by atoms with Crippen molar-refractivity contribution in [1.29, 1.82) is 0 Å². The van der Waals surface area contributed by atoms with Gasteiger partial charge in [0.25, 0.3) is 10.0 Å². The Morgan fingerprint density at radius 3 is 2.13 bits per heavy atom. The highest BCUT2D eigenvalue weighted by atomic mass is 35.5. The van der Waals surface area contributed by atoms with Crippen LogP contribution in [0.15, 0.2) is 77.7 Å². The molecule has 0 unspecified atom stereocenters. The Bertz CT molecular complexity index is 1410. The van der Waals surface area contributed by atoms with Gasteiger partial charge in [0.2, 0.25) is 11.8 Å². The molecule has 3 aromatic carbocycles. The smallest absolute Gasteiger partial charge is 0.264 e. The van der Waals surface area contributed by atoms with Crippen LogP contribution < -0.4 is 9.62 Å². The van der Waals surface area contributed by atoms with E-state index in [1.807, 2.05) is 26.8 Å². The summed E-state index contributed by atoms with van der Waals surface area (Å²) in [6.45, 7) is 9.26. The molecule has 1 atom stereocenters. The number of carbonyl (C=O) groups excluding carboxylic acids is 2. The van der Waals surface area contributed by atoms with E-state index in [1.54, 1.807) is 68.4 Å². The molecular weight excluding hydrogens is 534 g/mol. The number of hydrogen-bond acceptors (Lipinski definition) is 4. The Kier molecular flexibility index (Phi) is 10.2. The number of halogens is 1. The third-order valence-electron chi connectivity index (χ3n) is 6.42. The maximum atomic E-state index is 14.0. The van der Waals surface area contributed by atoms with Crippen molar-refractivity contribution in [3.8, 4) is 0 Å². The number of nitrogens with one attached hydrogen (secondary N) is 1. The molecular formula is C30H36ClN3O4S. The number of hydrogen-bond donors (Lipinski definition) is 1. The number of para-hydroxylation sites is 1. The van der Waals surface area contributed by atoms with Gasteiger partial charge in [-0.25, -0.2) is 8.42 Å². The van der Waals surface area contributed by atoms with Gasteiger partial charge in [-0.3, -0.25) is 13.9 Å². The predicted octanol–water partition coefficient (Wildman–Crippen LogP) is 5.34. The summed E-state index contributed by atoms with van der Waals surface area (Å²) in [5.41, 5.74) is 2.65. The van der Waals surface area contributed by atoms with Crippen molar-refractivity contribution in [2.45, 2.75) is 52.1 Å². The van der Waals surface area contributed by atoms with Crippen LogP contribution in [0.5, 0.6) is 0 Å². The predicted molar refractivity (Wildman–Crippen MR) is 156 cm³/mol.